The third-order valence-corrected chi connectivity index (χ3v) is 4.26. The quantitative estimate of drug-likeness (QED) is 0.364. The molecular formula is C18H34O3. The lowest BCUT2D eigenvalue weighted by atomic mass is 9.95. The minimum Gasteiger partial charge on any atom is -0.393 e. The first kappa shape index (κ1) is 20.1. The van der Waals surface area contributed by atoms with Crippen LogP contribution >= 0.6 is 0 Å². The average Bonchev–Trinajstić information content (AvgIpc) is 2.47. The van der Waals surface area contributed by atoms with Crippen molar-refractivity contribution in [2.45, 2.75) is 91.9 Å². The smallest absolute Gasteiger partial charge is 0.313 e. The van der Waals surface area contributed by atoms with Gasteiger partial charge in [-0.15, -0.1) is 0 Å². The molecule has 0 rings (SSSR count). The van der Waals surface area contributed by atoms with E-state index in [2.05, 4.69) is 27.7 Å². The predicted octanol–water partition coefficient (Wildman–Crippen LogP) is 5.27. The van der Waals surface area contributed by atoms with Crippen LogP contribution in [0.2, 0.25) is 0 Å². The fraction of sp³-hybridized carbons (Fsp3) is 0.889. The molecular weight excluding hydrogens is 264 g/mol. The summed E-state index contributed by atoms with van der Waals surface area (Å²) in [5.41, 5.74) is 0. The van der Waals surface area contributed by atoms with Crippen molar-refractivity contribution in [1.82, 2.24) is 0 Å². The highest BCUT2D eigenvalue weighted by Crippen LogP contribution is 2.19. The summed E-state index contributed by atoms with van der Waals surface area (Å²) in [7, 11) is 0. The van der Waals surface area contributed by atoms with Crippen LogP contribution in [-0.4, -0.2) is 11.9 Å². The molecule has 0 spiro atoms. The van der Waals surface area contributed by atoms with Gasteiger partial charge in [-0.3, -0.25) is 9.59 Å². The Labute approximate surface area is 130 Å². The molecule has 124 valence electrons. The Morgan fingerprint density at radius 3 is 2.00 bits per heavy atom. The van der Waals surface area contributed by atoms with Gasteiger partial charge in [-0.25, -0.2) is 0 Å². The zero-order valence-electron chi connectivity index (χ0n) is 14.5. The number of carbonyl (C=O) groups is 2. The van der Waals surface area contributed by atoms with Gasteiger partial charge in [0.2, 0.25) is 0 Å². The lowest BCUT2D eigenvalue weighted by Gasteiger charge is -2.14. The highest BCUT2D eigenvalue weighted by Gasteiger charge is 2.17. The fourth-order valence-corrected chi connectivity index (χ4v) is 2.68. The Bertz CT molecular complexity index is 286. The molecule has 21 heavy (non-hydrogen) atoms. The maximum atomic E-state index is 11.8. The fourth-order valence-electron chi connectivity index (χ4n) is 2.68. The van der Waals surface area contributed by atoms with Gasteiger partial charge < -0.3 is 4.74 Å². The zero-order valence-corrected chi connectivity index (χ0v) is 14.5. The van der Waals surface area contributed by atoms with Crippen LogP contribution < -0.4 is 0 Å². The van der Waals surface area contributed by atoms with Gasteiger partial charge in [0.05, 0.1) is 0 Å². The number of rotatable bonds is 12. The van der Waals surface area contributed by atoms with Crippen molar-refractivity contribution in [3.05, 3.63) is 0 Å². The molecule has 0 aromatic heterocycles. The Hall–Kier alpha value is -0.860. The number of ether oxygens (including phenoxy) is 1. The molecule has 0 N–H and O–H groups in total. The summed E-state index contributed by atoms with van der Waals surface area (Å²) in [5.74, 6) is 0.241. The van der Waals surface area contributed by atoms with Crippen LogP contribution in [-0.2, 0) is 14.3 Å². The van der Waals surface area contributed by atoms with E-state index in [9.17, 15) is 9.59 Å². The van der Waals surface area contributed by atoms with E-state index in [1.54, 1.807) is 0 Å². The largest absolute Gasteiger partial charge is 0.393 e. The second kappa shape index (κ2) is 12.8. The second-order valence-corrected chi connectivity index (χ2v) is 6.07. The Kier molecular flexibility index (Phi) is 12.3. The zero-order chi connectivity index (χ0) is 16.1. The van der Waals surface area contributed by atoms with Gasteiger partial charge in [0.25, 0.3) is 0 Å². The molecule has 0 aromatic rings. The first-order chi connectivity index (χ1) is 10.1. The number of esters is 2. The SMILES string of the molecule is CCCCC(CC)CC(=O)OC(=O)CCC(CC)CCC. The molecule has 2 atom stereocenters. The Morgan fingerprint density at radius 2 is 1.48 bits per heavy atom. The van der Waals surface area contributed by atoms with Crippen molar-refractivity contribution in [2.75, 3.05) is 0 Å². The monoisotopic (exact) mass is 298 g/mol. The molecule has 0 bridgehead atoms. The molecule has 0 fully saturated rings. The number of hydrogen-bond donors (Lipinski definition) is 0. The van der Waals surface area contributed by atoms with Gasteiger partial charge in [0.15, 0.2) is 0 Å². The standard InChI is InChI=1S/C18H34O3/c1-5-9-11-16(8-4)14-18(20)21-17(19)13-12-15(7-3)10-6-2/h15-16H,5-14H2,1-4H3. The summed E-state index contributed by atoms with van der Waals surface area (Å²) in [5, 5.41) is 0. The second-order valence-electron chi connectivity index (χ2n) is 6.07. The molecule has 0 aliphatic carbocycles. The van der Waals surface area contributed by atoms with Gasteiger partial charge >= 0.3 is 11.9 Å². The van der Waals surface area contributed by atoms with E-state index in [-0.39, 0.29) is 11.9 Å². The number of carbonyl (C=O) groups excluding carboxylic acids is 2. The van der Waals surface area contributed by atoms with E-state index in [0.29, 0.717) is 24.7 Å². The summed E-state index contributed by atoms with van der Waals surface area (Å²) in [6, 6.07) is 0. The van der Waals surface area contributed by atoms with Crippen LogP contribution in [0, 0.1) is 11.8 Å². The normalized spacial score (nSPS) is 13.7. The Morgan fingerprint density at radius 1 is 0.810 bits per heavy atom. The van der Waals surface area contributed by atoms with Crippen molar-refractivity contribution in [1.29, 1.82) is 0 Å². The van der Waals surface area contributed by atoms with E-state index in [1.807, 2.05) is 0 Å². The number of unbranched alkanes of at least 4 members (excludes halogenated alkanes) is 1. The molecule has 0 heterocycles. The molecule has 0 radical (unpaired) electrons. The molecule has 3 heteroatoms. The third kappa shape index (κ3) is 10.5. The van der Waals surface area contributed by atoms with E-state index in [1.165, 1.54) is 0 Å². The van der Waals surface area contributed by atoms with E-state index in [4.69, 9.17) is 4.74 Å². The molecule has 2 unspecified atom stereocenters. The van der Waals surface area contributed by atoms with Crippen LogP contribution in [0.1, 0.15) is 91.9 Å². The minimum atomic E-state index is -0.347. The van der Waals surface area contributed by atoms with Crippen molar-refractivity contribution < 1.29 is 14.3 Å². The molecule has 0 saturated carbocycles. The molecule has 0 amide bonds. The highest BCUT2D eigenvalue weighted by atomic mass is 16.6. The van der Waals surface area contributed by atoms with Gasteiger partial charge in [-0.1, -0.05) is 66.2 Å². The average molecular weight is 298 g/mol. The summed E-state index contributed by atoms with van der Waals surface area (Å²) in [6.45, 7) is 8.54. The Balaban J connectivity index is 3.99. The molecule has 3 nitrogen and oxygen atoms in total. The van der Waals surface area contributed by atoms with Gasteiger partial charge in [0, 0.05) is 12.8 Å². The lowest BCUT2D eigenvalue weighted by Crippen LogP contribution is -2.16. The first-order valence-electron chi connectivity index (χ1n) is 8.80. The summed E-state index contributed by atoms with van der Waals surface area (Å²) >= 11 is 0. The topological polar surface area (TPSA) is 43.4 Å². The maximum absolute atomic E-state index is 11.8. The highest BCUT2D eigenvalue weighted by molar-refractivity contribution is 5.85. The van der Waals surface area contributed by atoms with Gasteiger partial charge in [0.1, 0.15) is 0 Å². The first-order valence-corrected chi connectivity index (χ1v) is 8.80. The molecule has 0 saturated heterocycles. The third-order valence-electron chi connectivity index (χ3n) is 4.26. The maximum Gasteiger partial charge on any atom is 0.313 e. The van der Waals surface area contributed by atoms with Crippen LogP contribution in [0.15, 0.2) is 0 Å². The van der Waals surface area contributed by atoms with Crippen molar-refractivity contribution in [3.8, 4) is 0 Å². The summed E-state index contributed by atoms with van der Waals surface area (Å²) in [6.07, 6.45) is 9.25. The summed E-state index contributed by atoms with van der Waals surface area (Å²) in [4.78, 5) is 23.5. The van der Waals surface area contributed by atoms with Crippen LogP contribution in [0.5, 0.6) is 0 Å². The number of hydrogen-bond acceptors (Lipinski definition) is 3. The van der Waals surface area contributed by atoms with E-state index < -0.39 is 0 Å². The van der Waals surface area contributed by atoms with Crippen LogP contribution in [0.3, 0.4) is 0 Å². The van der Waals surface area contributed by atoms with Gasteiger partial charge in [-0.05, 0) is 24.7 Å². The van der Waals surface area contributed by atoms with E-state index in [0.717, 1.165) is 51.4 Å². The van der Waals surface area contributed by atoms with Crippen LogP contribution in [0.4, 0.5) is 0 Å². The van der Waals surface area contributed by atoms with Crippen LogP contribution in [0.25, 0.3) is 0 Å². The predicted molar refractivity (Wildman–Crippen MR) is 86.9 cm³/mol. The molecule has 0 aromatic carbocycles. The molecule has 0 aliphatic heterocycles. The van der Waals surface area contributed by atoms with E-state index >= 15 is 0 Å². The molecule has 0 aliphatic rings. The van der Waals surface area contributed by atoms with Crippen molar-refractivity contribution >= 4 is 11.9 Å². The summed E-state index contributed by atoms with van der Waals surface area (Å²) < 4.78 is 4.96. The van der Waals surface area contributed by atoms with Crippen molar-refractivity contribution in [3.63, 3.8) is 0 Å². The lowest BCUT2D eigenvalue weighted by molar-refractivity contribution is -0.160. The minimum absolute atomic E-state index is 0.341. The van der Waals surface area contributed by atoms with Crippen molar-refractivity contribution in [2.24, 2.45) is 11.8 Å². The van der Waals surface area contributed by atoms with Gasteiger partial charge in [-0.2, -0.15) is 0 Å².